The fourth-order valence-electron chi connectivity index (χ4n) is 3.65. The lowest BCUT2D eigenvalue weighted by molar-refractivity contribution is -0.0312. The normalized spacial score (nSPS) is 25.7. The van der Waals surface area contributed by atoms with Gasteiger partial charge in [-0.05, 0) is 34.6 Å². The maximum atomic E-state index is 12.7. The first kappa shape index (κ1) is 19.1. The van der Waals surface area contributed by atoms with Gasteiger partial charge in [-0.1, -0.05) is 0 Å². The van der Waals surface area contributed by atoms with Gasteiger partial charge in [-0.25, -0.2) is 4.79 Å². The lowest BCUT2D eigenvalue weighted by atomic mass is 9.98. The molecule has 1 amide bonds. The number of hydrogen-bond acceptors (Lipinski definition) is 6. The van der Waals surface area contributed by atoms with E-state index in [1.807, 2.05) is 34.6 Å². The molecule has 3 rings (SSSR count). The van der Waals surface area contributed by atoms with E-state index in [-0.39, 0.29) is 6.09 Å². The molecule has 1 aromatic heterocycles. The van der Waals surface area contributed by atoms with Crippen LogP contribution in [0.25, 0.3) is 0 Å². The van der Waals surface area contributed by atoms with Gasteiger partial charge in [-0.2, -0.15) is 0 Å². The topological polar surface area (TPSA) is 78.7 Å². The number of aromatic nitrogens is 3. The van der Waals surface area contributed by atoms with Crippen LogP contribution in [0.1, 0.15) is 52.7 Å². The molecule has 0 aromatic carbocycles. The van der Waals surface area contributed by atoms with Crippen LogP contribution in [0.15, 0.2) is 0 Å². The highest BCUT2D eigenvalue weighted by molar-refractivity contribution is 5.69. The van der Waals surface area contributed by atoms with Crippen LogP contribution >= 0.6 is 0 Å². The van der Waals surface area contributed by atoms with Crippen LogP contribution in [0.2, 0.25) is 0 Å². The second kappa shape index (κ2) is 6.49. The zero-order chi connectivity index (χ0) is 19.2. The first-order valence-corrected chi connectivity index (χ1v) is 9.14. The van der Waals surface area contributed by atoms with Crippen LogP contribution < -0.4 is 0 Å². The van der Waals surface area contributed by atoms with Crippen molar-refractivity contribution in [2.45, 2.75) is 70.7 Å². The Morgan fingerprint density at radius 2 is 1.96 bits per heavy atom. The number of methoxy groups -OCH3 is 1. The third-order valence-corrected chi connectivity index (χ3v) is 5.09. The number of rotatable bonds is 2. The van der Waals surface area contributed by atoms with Crippen LogP contribution in [0.4, 0.5) is 4.79 Å². The highest BCUT2D eigenvalue weighted by Crippen LogP contribution is 2.35. The van der Waals surface area contributed by atoms with Gasteiger partial charge < -0.3 is 23.7 Å². The number of ether oxygens (including phenoxy) is 3. The summed E-state index contributed by atoms with van der Waals surface area (Å²) in [6.45, 7) is 12.0. The summed E-state index contributed by atoms with van der Waals surface area (Å²) in [4.78, 5) is 14.5. The minimum absolute atomic E-state index is 0.298. The van der Waals surface area contributed by atoms with Gasteiger partial charge in [0.2, 0.25) is 0 Å². The van der Waals surface area contributed by atoms with Gasteiger partial charge >= 0.3 is 6.09 Å². The van der Waals surface area contributed by atoms with E-state index in [1.54, 1.807) is 12.0 Å². The van der Waals surface area contributed by atoms with E-state index >= 15 is 0 Å². The zero-order valence-corrected chi connectivity index (χ0v) is 16.7. The highest BCUT2D eigenvalue weighted by atomic mass is 16.6. The van der Waals surface area contributed by atoms with Crippen molar-refractivity contribution in [1.29, 1.82) is 0 Å². The Hall–Kier alpha value is -1.67. The molecule has 0 bridgehead atoms. The van der Waals surface area contributed by atoms with Gasteiger partial charge in [0.1, 0.15) is 11.4 Å². The Morgan fingerprint density at radius 3 is 2.54 bits per heavy atom. The second-order valence-corrected chi connectivity index (χ2v) is 8.71. The lowest BCUT2D eigenvalue weighted by Gasteiger charge is -2.37. The average Bonchev–Trinajstić information content (AvgIpc) is 3.10. The molecule has 2 aliphatic heterocycles. The van der Waals surface area contributed by atoms with E-state index in [0.29, 0.717) is 32.7 Å². The predicted octanol–water partition coefficient (Wildman–Crippen LogP) is 2.11. The predicted molar refractivity (Wildman–Crippen MR) is 94.9 cm³/mol. The summed E-state index contributed by atoms with van der Waals surface area (Å²) in [5.74, 6) is 1.65. The van der Waals surface area contributed by atoms with Crippen molar-refractivity contribution in [2.24, 2.45) is 0 Å². The molecule has 0 saturated carbocycles. The molecule has 1 atom stereocenters. The summed E-state index contributed by atoms with van der Waals surface area (Å²) in [5.41, 5.74) is -1.51. The van der Waals surface area contributed by atoms with Gasteiger partial charge in [-0.15, -0.1) is 10.2 Å². The van der Waals surface area contributed by atoms with E-state index in [9.17, 15) is 4.79 Å². The van der Waals surface area contributed by atoms with Crippen molar-refractivity contribution < 1.29 is 19.0 Å². The molecule has 26 heavy (non-hydrogen) atoms. The van der Waals surface area contributed by atoms with Crippen molar-refractivity contribution in [3.8, 4) is 0 Å². The number of carbonyl (C=O) groups is 1. The first-order chi connectivity index (χ1) is 12.1. The molecule has 0 aliphatic carbocycles. The molecule has 0 N–H and O–H groups in total. The minimum atomic E-state index is -0.559. The summed E-state index contributed by atoms with van der Waals surface area (Å²) in [7, 11) is 1.68. The monoisotopic (exact) mass is 366 g/mol. The third kappa shape index (κ3) is 3.44. The molecular formula is C18H30N4O4. The van der Waals surface area contributed by atoms with E-state index in [2.05, 4.69) is 14.8 Å². The van der Waals surface area contributed by atoms with Gasteiger partial charge in [0.05, 0.1) is 13.2 Å². The SMILES string of the molecule is CO[C@@]1(c2nnc3n2CCN(C(=O)OC(C)(C)C)C(C)(C)C3)CCOC1. The molecular weight excluding hydrogens is 336 g/mol. The summed E-state index contributed by atoms with van der Waals surface area (Å²) >= 11 is 0. The van der Waals surface area contributed by atoms with Crippen LogP contribution in [0.5, 0.6) is 0 Å². The van der Waals surface area contributed by atoms with Crippen molar-refractivity contribution in [3.05, 3.63) is 11.6 Å². The van der Waals surface area contributed by atoms with Crippen molar-refractivity contribution in [2.75, 3.05) is 26.9 Å². The quantitative estimate of drug-likeness (QED) is 0.798. The molecule has 3 heterocycles. The summed E-state index contributed by atoms with van der Waals surface area (Å²) in [5, 5.41) is 8.85. The maximum absolute atomic E-state index is 12.7. The second-order valence-electron chi connectivity index (χ2n) is 8.71. The molecule has 146 valence electrons. The van der Waals surface area contributed by atoms with Gasteiger partial charge in [0, 0.05) is 38.6 Å². The molecule has 8 nitrogen and oxygen atoms in total. The fraction of sp³-hybridized carbons (Fsp3) is 0.833. The lowest BCUT2D eigenvalue weighted by Crippen LogP contribution is -2.50. The number of carbonyl (C=O) groups excluding carboxylic acids is 1. The van der Waals surface area contributed by atoms with Gasteiger partial charge in [-0.3, -0.25) is 0 Å². The van der Waals surface area contributed by atoms with Crippen LogP contribution in [-0.2, 0) is 32.8 Å². The Kier molecular flexibility index (Phi) is 4.77. The number of amides is 1. The van der Waals surface area contributed by atoms with Gasteiger partial charge in [0.15, 0.2) is 11.4 Å². The van der Waals surface area contributed by atoms with E-state index in [1.165, 1.54) is 0 Å². The van der Waals surface area contributed by atoms with Gasteiger partial charge in [0.25, 0.3) is 0 Å². The maximum Gasteiger partial charge on any atom is 0.410 e. The molecule has 1 aromatic rings. The van der Waals surface area contributed by atoms with E-state index in [4.69, 9.17) is 14.2 Å². The standard InChI is InChI=1S/C18H30N4O4/c1-16(2,3)26-15(23)22-9-8-21-13(11-17(22,4)5)19-20-14(21)18(24-6)7-10-25-12-18/h7-12H2,1-6H3/t18-/m0/s1. The summed E-state index contributed by atoms with van der Waals surface area (Å²) in [6, 6.07) is 0. The Bertz CT molecular complexity index is 671. The summed E-state index contributed by atoms with van der Waals surface area (Å²) in [6.07, 6.45) is 1.05. The number of nitrogens with zero attached hydrogens (tertiary/aromatic N) is 4. The third-order valence-electron chi connectivity index (χ3n) is 5.09. The van der Waals surface area contributed by atoms with Crippen LogP contribution in [0.3, 0.4) is 0 Å². The molecule has 0 radical (unpaired) electrons. The molecule has 2 aliphatic rings. The molecule has 8 heteroatoms. The number of fused-ring (bicyclic) bond motifs is 1. The first-order valence-electron chi connectivity index (χ1n) is 9.14. The van der Waals surface area contributed by atoms with E-state index < -0.39 is 16.7 Å². The number of hydrogen-bond donors (Lipinski definition) is 0. The largest absolute Gasteiger partial charge is 0.444 e. The van der Waals surface area contributed by atoms with Crippen LogP contribution in [0, 0.1) is 0 Å². The molecule has 1 saturated heterocycles. The fourth-order valence-corrected chi connectivity index (χ4v) is 3.65. The molecule has 0 unspecified atom stereocenters. The minimum Gasteiger partial charge on any atom is -0.444 e. The highest BCUT2D eigenvalue weighted by Gasteiger charge is 2.44. The Labute approximate surface area is 154 Å². The van der Waals surface area contributed by atoms with Crippen molar-refractivity contribution in [1.82, 2.24) is 19.7 Å². The Morgan fingerprint density at radius 1 is 1.23 bits per heavy atom. The van der Waals surface area contributed by atoms with Crippen molar-refractivity contribution >= 4 is 6.09 Å². The molecule has 0 spiro atoms. The smallest absolute Gasteiger partial charge is 0.410 e. The summed E-state index contributed by atoms with van der Waals surface area (Å²) < 4.78 is 19.0. The zero-order valence-electron chi connectivity index (χ0n) is 16.7. The van der Waals surface area contributed by atoms with E-state index in [0.717, 1.165) is 18.1 Å². The average molecular weight is 366 g/mol. The molecule has 1 fully saturated rings. The van der Waals surface area contributed by atoms with Crippen molar-refractivity contribution in [3.63, 3.8) is 0 Å². The Balaban J connectivity index is 1.89. The van der Waals surface area contributed by atoms with Crippen LogP contribution in [-0.4, -0.2) is 63.8 Å².